The van der Waals surface area contributed by atoms with Crippen molar-refractivity contribution in [3.8, 4) is 5.75 Å². The lowest BCUT2D eigenvalue weighted by atomic mass is 10.2. The second-order valence-corrected chi connectivity index (χ2v) is 6.09. The Kier molecular flexibility index (Phi) is 5.71. The highest BCUT2D eigenvalue weighted by Gasteiger charge is 2.05. The standard InChI is InChI=1S/C20H17ClN2O3/c21-20-7-2-1-4-16(20)14-26-19-10-8-15(9-11-19)13-22-17-5-3-6-18(12-17)23(24)25/h1-12,22H,13-14H2. The highest BCUT2D eigenvalue weighted by atomic mass is 35.5. The fraction of sp³-hybridized carbons (Fsp3) is 0.100. The first-order chi connectivity index (χ1) is 12.6. The second-order valence-electron chi connectivity index (χ2n) is 5.69. The Morgan fingerprint density at radius 1 is 1.00 bits per heavy atom. The van der Waals surface area contributed by atoms with Gasteiger partial charge in [0.25, 0.3) is 5.69 Å². The zero-order chi connectivity index (χ0) is 18.4. The summed E-state index contributed by atoms with van der Waals surface area (Å²) >= 11 is 6.12. The molecule has 0 amide bonds. The van der Waals surface area contributed by atoms with Gasteiger partial charge in [0, 0.05) is 35.0 Å². The number of rotatable bonds is 7. The molecule has 0 aliphatic rings. The molecule has 1 N–H and O–H groups in total. The number of non-ortho nitro benzene ring substituents is 1. The third kappa shape index (κ3) is 4.74. The number of ether oxygens (including phenoxy) is 1. The van der Waals surface area contributed by atoms with Gasteiger partial charge < -0.3 is 10.1 Å². The van der Waals surface area contributed by atoms with E-state index in [9.17, 15) is 10.1 Å². The monoisotopic (exact) mass is 368 g/mol. The van der Waals surface area contributed by atoms with Crippen molar-refractivity contribution in [1.29, 1.82) is 0 Å². The average molecular weight is 369 g/mol. The first-order valence-corrected chi connectivity index (χ1v) is 8.43. The van der Waals surface area contributed by atoms with Gasteiger partial charge in [-0.2, -0.15) is 0 Å². The van der Waals surface area contributed by atoms with Crippen molar-refractivity contribution in [2.45, 2.75) is 13.2 Å². The van der Waals surface area contributed by atoms with Crippen LogP contribution in [0.2, 0.25) is 5.02 Å². The van der Waals surface area contributed by atoms with E-state index in [-0.39, 0.29) is 5.69 Å². The smallest absolute Gasteiger partial charge is 0.271 e. The molecule has 3 rings (SSSR count). The minimum Gasteiger partial charge on any atom is -0.489 e. The Bertz CT molecular complexity index is 898. The zero-order valence-electron chi connectivity index (χ0n) is 13.9. The highest BCUT2D eigenvalue weighted by molar-refractivity contribution is 6.31. The van der Waals surface area contributed by atoms with Crippen LogP contribution < -0.4 is 10.1 Å². The number of benzene rings is 3. The lowest BCUT2D eigenvalue weighted by Gasteiger charge is -2.10. The number of nitrogens with one attached hydrogen (secondary N) is 1. The Labute approximate surface area is 156 Å². The quantitative estimate of drug-likeness (QED) is 0.445. The zero-order valence-corrected chi connectivity index (χ0v) is 14.6. The number of nitrogens with zero attached hydrogens (tertiary/aromatic N) is 1. The highest BCUT2D eigenvalue weighted by Crippen LogP contribution is 2.20. The van der Waals surface area contributed by atoms with Crippen molar-refractivity contribution in [3.05, 3.63) is 99.1 Å². The molecule has 0 aromatic heterocycles. The number of hydrogen-bond acceptors (Lipinski definition) is 4. The summed E-state index contributed by atoms with van der Waals surface area (Å²) in [5.41, 5.74) is 2.75. The molecule has 0 aliphatic heterocycles. The van der Waals surface area contributed by atoms with E-state index in [1.54, 1.807) is 12.1 Å². The van der Waals surface area contributed by atoms with Gasteiger partial charge in [-0.1, -0.05) is 48.0 Å². The van der Waals surface area contributed by atoms with Crippen molar-refractivity contribution in [2.75, 3.05) is 5.32 Å². The molecule has 0 saturated heterocycles. The summed E-state index contributed by atoms with van der Waals surface area (Å²) < 4.78 is 5.75. The average Bonchev–Trinajstić information content (AvgIpc) is 2.67. The predicted molar refractivity (Wildman–Crippen MR) is 103 cm³/mol. The Morgan fingerprint density at radius 2 is 1.77 bits per heavy atom. The Hall–Kier alpha value is -3.05. The predicted octanol–water partition coefficient (Wildman–Crippen LogP) is 5.44. The van der Waals surface area contributed by atoms with Crippen LogP contribution in [0.15, 0.2) is 72.8 Å². The van der Waals surface area contributed by atoms with Crippen LogP contribution in [0.4, 0.5) is 11.4 Å². The number of nitro groups is 1. The molecule has 0 spiro atoms. The van der Waals surface area contributed by atoms with Gasteiger partial charge in [-0.05, 0) is 29.8 Å². The molecule has 0 saturated carbocycles. The maximum absolute atomic E-state index is 10.8. The van der Waals surface area contributed by atoms with Crippen LogP contribution in [0.5, 0.6) is 5.75 Å². The lowest BCUT2D eigenvalue weighted by molar-refractivity contribution is -0.384. The van der Waals surface area contributed by atoms with Gasteiger partial charge in [0.2, 0.25) is 0 Å². The summed E-state index contributed by atoms with van der Waals surface area (Å²) in [5.74, 6) is 0.754. The van der Waals surface area contributed by atoms with Crippen LogP contribution in [0.25, 0.3) is 0 Å². The van der Waals surface area contributed by atoms with E-state index in [4.69, 9.17) is 16.3 Å². The number of anilines is 1. The molecule has 0 heterocycles. The fourth-order valence-corrected chi connectivity index (χ4v) is 2.60. The van der Waals surface area contributed by atoms with Crippen molar-refractivity contribution in [2.24, 2.45) is 0 Å². The molecule has 0 unspecified atom stereocenters. The summed E-state index contributed by atoms with van der Waals surface area (Å²) in [6.45, 7) is 0.969. The molecule has 0 atom stereocenters. The topological polar surface area (TPSA) is 64.4 Å². The largest absolute Gasteiger partial charge is 0.489 e. The van der Waals surface area contributed by atoms with Crippen LogP contribution in [-0.4, -0.2) is 4.92 Å². The summed E-state index contributed by atoms with van der Waals surface area (Å²) in [6.07, 6.45) is 0. The van der Waals surface area contributed by atoms with Gasteiger partial charge in [0.1, 0.15) is 12.4 Å². The normalized spacial score (nSPS) is 10.3. The molecule has 132 valence electrons. The molecule has 0 fully saturated rings. The van der Waals surface area contributed by atoms with Crippen molar-refractivity contribution in [3.63, 3.8) is 0 Å². The number of nitro benzene ring substituents is 1. The van der Waals surface area contributed by atoms with Gasteiger partial charge in [0.15, 0.2) is 0 Å². The van der Waals surface area contributed by atoms with Crippen LogP contribution in [0.3, 0.4) is 0 Å². The molecule has 0 aliphatic carbocycles. The maximum atomic E-state index is 10.8. The van der Waals surface area contributed by atoms with Crippen molar-refractivity contribution in [1.82, 2.24) is 0 Å². The third-order valence-corrected chi connectivity index (χ3v) is 4.20. The molecule has 6 heteroatoms. The summed E-state index contributed by atoms with van der Waals surface area (Å²) in [5, 5.41) is 14.7. The lowest BCUT2D eigenvalue weighted by Crippen LogP contribution is -2.00. The van der Waals surface area contributed by atoms with E-state index >= 15 is 0 Å². The first kappa shape index (κ1) is 17.8. The van der Waals surface area contributed by atoms with Gasteiger partial charge in [-0.25, -0.2) is 0 Å². The van der Waals surface area contributed by atoms with Crippen LogP contribution in [0, 0.1) is 10.1 Å². The van der Waals surface area contributed by atoms with Crippen LogP contribution >= 0.6 is 11.6 Å². The van der Waals surface area contributed by atoms with Gasteiger partial charge in [0.05, 0.1) is 4.92 Å². The van der Waals surface area contributed by atoms with E-state index in [1.807, 2.05) is 48.5 Å². The molecule has 3 aromatic rings. The van der Waals surface area contributed by atoms with E-state index < -0.39 is 4.92 Å². The van der Waals surface area contributed by atoms with Gasteiger partial charge in [-0.15, -0.1) is 0 Å². The van der Waals surface area contributed by atoms with Gasteiger partial charge in [-0.3, -0.25) is 10.1 Å². The van der Waals surface area contributed by atoms with E-state index in [0.717, 1.165) is 16.9 Å². The molecule has 0 radical (unpaired) electrons. The second kappa shape index (κ2) is 8.36. The minimum absolute atomic E-state index is 0.0679. The number of halogens is 1. The van der Waals surface area contributed by atoms with Crippen molar-refractivity contribution >= 4 is 23.0 Å². The molecule has 26 heavy (non-hydrogen) atoms. The van der Waals surface area contributed by atoms with Gasteiger partial charge >= 0.3 is 0 Å². The third-order valence-electron chi connectivity index (χ3n) is 3.83. The summed E-state index contributed by atoms with van der Waals surface area (Å²) in [7, 11) is 0. The van der Waals surface area contributed by atoms with E-state index in [1.165, 1.54) is 12.1 Å². The summed E-state index contributed by atoms with van der Waals surface area (Å²) in [4.78, 5) is 10.4. The van der Waals surface area contributed by atoms with E-state index in [2.05, 4.69) is 5.32 Å². The molecular formula is C20H17ClN2O3. The molecule has 0 bridgehead atoms. The SMILES string of the molecule is O=[N+]([O-])c1cccc(NCc2ccc(OCc3ccccc3Cl)cc2)c1. The van der Waals surface area contributed by atoms with Crippen LogP contribution in [0.1, 0.15) is 11.1 Å². The number of hydrogen-bond donors (Lipinski definition) is 1. The first-order valence-electron chi connectivity index (χ1n) is 8.05. The Balaban J connectivity index is 1.55. The molecule has 5 nitrogen and oxygen atoms in total. The van der Waals surface area contributed by atoms with Crippen LogP contribution in [-0.2, 0) is 13.2 Å². The van der Waals surface area contributed by atoms with Crippen molar-refractivity contribution < 1.29 is 9.66 Å². The summed E-state index contributed by atoms with van der Waals surface area (Å²) in [6, 6.07) is 21.7. The Morgan fingerprint density at radius 3 is 2.50 bits per heavy atom. The molecule has 3 aromatic carbocycles. The minimum atomic E-state index is -0.406. The van der Waals surface area contributed by atoms with E-state index in [0.29, 0.717) is 23.9 Å². The fourth-order valence-electron chi connectivity index (χ4n) is 2.41. The molecular weight excluding hydrogens is 352 g/mol. The maximum Gasteiger partial charge on any atom is 0.271 e.